The predicted molar refractivity (Wildman–Crippen MR) is 84.2 cm³/mol. The molecule has 0 unspecified atom stereocenters. The van der Waals surface area contributed by atoms with E-state index in [-0.39, 0.29) is 0 Å². The molecule has 0 radical (unpaired) electrons. The van der Waals surface area contributed by atoms with Crippen molar-refractivity contribution in [1.29, 1.82) is 5.26 Å². The number of allylic oxidation sites excluding steroid dienone is 1. The second-order valence-corrected chi connectivity index (χ2v) is 4.62. The number of ether oxygens (including phenoxy) is 2. The smallest absolute Gasteiger partial charge is 0.167 e. The van der Waals surface area contributed by atoms with Crippen LogP contribution in [0.15, 0.2) is 42.5 Å². The highest BCUT2D eigenvalue weighted by atomic mass is 16.5. The van der Waals surface area contributed by atoms with E-state index in [0.29, 0.717) is 17.1 Å². The standard InChI is InChI=1S/C18H17NO2/c1-13-7-9-14(10-8-13)16(12-19)11-15-5-4-6-17(20-2)18(15)21-3/h4-11H,1-3H3/b16-11+. The summed E-state index contributed by atoms with van der Waals surface area (Å²) in [5, 5.41) is 9.41. The minimum atomic E-state index is 0.585. The molecule has 0 fully saturated rings. The van der Waals surface area contributed by atoms with Gasteiger partial charge in [0.15, 0.2) is 11.5 Å². The molecule has 0 aromatic heterocycles. The lowest BCUT2D eigenvalue weighted by Crippen LogP contribution is -1.93. The minimum Gasteiger partial charge on any atom is -0.493 e. The van der Waals surface area contributed by atoms with Crippen LogP contribution < -0.4 is 9.47 Å². The summed E-state index contributed by atoms with van der Waals surface area (Å²) in [5.41, 5.74) is 3.44. The van der Waals surface area contributed by atoms with Gasteiger partial charge in [0.05, 0.1) is 25.9 Å². The summed E-state index contributed by atoms with van der Waals surface area (Å²) in [6.45, 7) is 2.02. The highest BCUT2D eigenvalue weighted by Crippen LogP contribution is 2.33. The normalized spacial score (nSPS) is 10.9. The molecule has 0 bridgehead atoms. The van der Waals surface area contributed by atoms with Gasteiger partial charge in [-0.05, 0) is 24.6 Å². The Balaban J connectivity index is 2.50. The zero-order valence-electron chi connectivity index (χ0n) is 12.4. The maximum absolute atomic E-state index is 9.41. The van der Waals surface area contributed by atoms with Gasteiger partial charge in [0, 0.05) is 5.56 Å². The molecule has 0 N–H and O–H groups in total. The number of hydrogen-bond donors (Lipinski definition) is 0. The zero-order chi connectivity index (χ0) is 15.2. The van der Waals surface area contributed by atoms with Gasteiger partial charge in [-0.1, -0.05) is 42.0 Å². The topological polar surface area (TPSA) is 42.2 Å². The van der Waals surface area contributed by atoms with E-state index in [1.807, 2.05) is 55.5 Å². The van der Waals surface area contributed by atoms with E-state index in [1.165, 1.54) is 0 Å². The van der Waals surface area contributed by atoms with Crippen LogP contribution >= 0.6 is 0 Å². The van der Waals surface area contributed by atoms with Crippen molar-refractivity contribution in [3.05, 3.63) is 59.2 Å². The van der Waals surface area contributed by atoms with E-state index in [2.05, 4.69) is 6.07 Å². The Kier molecular flexibility index (Phi) is 4.63. The molecule has 2 aromatic rings. The summed E-state index contributed by atoms with van der Waals surface area (Å²) in [4.78, 5) is 0. The molecule has 0 aliphatic rings. The van der Waals surface area contributed by atoms with Gasteiger partial charge in [-0.2, -0.15) is 5.26 Å². The molecular formula is C18H17NO2. The van der Waals surface area contributed by atoms with Crippen LogP contribution in [-0.4, -0.2) is 14.2 Å². The average Bonchev–Trinajstić information content (AvgIpc) is 2.53. The van der Waals surface area contributed by atoms with E-state index < -0.39 is 0 Å². The fourth-order valence-electron chi connectivity index (χ4n) is 2.09. The summed E-state index contributed by atoms with van der Waals surface area (Å²) < 4.78 is 10.7. The molecule has 0 aliphatic heterocycles. The number of nitriles is 1. The van der Waals surface area contributed by atoms with Crippen molar-refractivity contribution in [2.45, 2.75) is 6.92 Å². The summed E-state index contributed by atoms with van der Waals surface area (Å²) in [6, 6.07) is 15.7. The monoisotopic (exact) mass is 279 g/mol. The second kappa shape index (κ2) is 6.62. The molecule has 2 aromatic carbocycles. The molecule has 0 saturated heterocycles. The highest BCUT2D eigenvalue weighted by molar-refractivity contribution is 5.91. The van der Waals surface area contributed by atoms with E-state index >= 15 is 0 Å². The average molecular weight is 279 g/mol. The second-order valence-electron chi connectivity index (χ2n) is 4.62. The molecule has 0 saturated carbocycles. The summed E-state index contributed by atoms with van der Waals surface area (Å²) in [5.74, 6) is 1.27. The number of nitrogens with zero attached hydrogens (tertiary/aromatic N) is 1. The minimum absolute atomic E-state index is 0.585. The Hall–Kier alpha value is -2.73. The van der Waals surface area contributed by atoms with E-state index in [9.17, 15) is 5.26 Å². The molecule has 0 amide bonds. The maximum Gasteiger partial charge on any atom is 0.167 e. The molecule has 106 valence electrons. The van der Waals surface area contributed by atoms with Crippen molar-refractivity contribution in [2.24, 2.45) is 0 Å². The van der Waals surface area contributed by atoms with Crippen molar-refractivity contribution < 1.29 is 9.47 Å². The lowest BCUT2D eigenvalue weighted by molar-refractivity contribution is 0.354. The van der Waals surface area contributed by atoms with Gasteiger partial charge in [-0.3, -0.25) is 0 Å². The van der Waals surface area contributed by atoms with Crippen molar-refractivity contribution in [3.8, 4) is 17.6 Å². The Morgan fingerprint density at radius 3 is 2.33 bits per heavy atom. The number of rotatable bonds is 4. The fraction of sp³-hybridized carbons (Fsp3) is 0.167. The fourth-order valence-corrected chi connectivity index (χ4v) is 2.09. The highest BCUT2D eigenvalue weighted by Gasteiger charge is 2.09. The lowest BCUT2D eigenvalue weighted by atomic mass is 10.0. The zero-order valence-corrected chi connectivity index (χ0v) is 12.4. The first-order valence-electron chi connectivity index (χ1n) is 6.59. The van der Waals surface area contributed by atoms with Crippen LogP contribution in [0.2, 0.25) is 0 Å². The van der Waals surface area contributed by atoms with Crippen LogP contribution in [0.4, 0.5) is 0 Å². The van der Waals surface area contributed by atoms with Crippen LogP contribution in [0.1, 0.15) is 16.7 Å². The quantitative estimate of drug-likeness (QED) is 0.625. The van der Waals surface area contributed by atoms with E-state index in [0.717, 1.165) is 16.7 Å². The van der Waals surface area contributed by atoms with Gasteiger partial charge < -0.3 is 9.47 Å². The third-order valence-corrected chi connectivity index (χ3v) is 3.22. The van der Waals surface area contributed by atoms with Gasteiger partial charge >= 0.3 is 0 Å². The first kappa shape index (κ1) is 14.7. The number of methoxy groups -OCH3 is 2. The SMILES string of the molecule is COc1cccc(/C=C(\C#N)c2ccc(C)cc2)c1OC. The number of aryl methyl sites for hydroxylation is 1. The third-order valence-electron chi connectivity index (χ3n) is 3.22. The van der Waals surface area contributed by atoms with Gasteiger partial charge in [0.2, 0.25) is 0 Å². The van der Waals surface area contributed by atoms with Crippen molar-refractivity contribution in [2.75, 3.05) is 14.2 Å². The lowest BCUT2D eigenvalue weighted by Gasteiger charge is -2.10. The van der Waals surface area contributed by atoms with Gasteiger partial charge in [-0.15, -0.1) is 0 Å². The van der Waals surface area contributed by atoms with Crippen molar-refractivity contribution >= 4 is 11.6 Å². The maximum atomic E-state index is 9.41. The molecule has 0 heterocycles. The molecule has 2 rings (SSSR count). The Bertz CT molecular complexity index is 694. The molecule has 0 spiro atoms. The number of benzene rings is 2. The van der Waals surface area contributed by atoms with Crippen LogP contribution in [-0.2, 0) is 0 Å². The molecule has 0 atom stereocenters. The number of para-hydroxylation sites is 1. The molecular weight excluding hydrogens is 262 g/mol. The van der Waals surface area contributed by atoms with Crippen LogP contribution in [0.5, 0.6) is 11.5 Å². The third kappa shape index (κ3) is 3.24. The molecule has 3 heteroatoms. The van der Waals surface area contributed by atoms with Gasteiger partial charge in [0.25, 0.3) is 0 Å². The Morgan fingerprint density at radius 2 is 1.76 bits per heavy atom. The molecule has 21 heavy (non-hydrogen) atoms. The van der Waals surface area contributed by atoms with Crippen LogP contribution in [0.25, 0.3) is 11.6 Å². The molecule has 0 aliphatic carbocycles. The summed E-state index contributed by atoms with van der Waals surface area (Å²) >= 11 is 0. The van der Waals surface area contributed by atoms with Crippen LogP contribution in [0.3, 0.4) is 0 Å². The first-order valence-corrected chi connectivity index (χ1v) is 6.59. The van der Waals surface area contributed by atoms with Gasteiger partial charge in [-0.25, -0.2) is 0 Å². The van der Waals surface area contributed by atoms with E-state index in [1.54, 1.807) is 14.2 Å². The summed E-state index contributed by atoms with van der Waals surface area (Å²) in [7, 11) is 3.18. The molecule has 3 nitrogen and oxygen atoms in total. The van der Waals surface area contributed by atoms with E-state index in [4.69, 9.17) is 9.47 Å². The van der Waals surface area contributed by atoms with Crippen LogP contribution in [0, 0.1) is 18.3 Å². The number of hydrogen-bond acceptors (Lipinski definition) is 3. The summed E-state index contributed by atoms with van der Waals surface area (Å²) in [6.07, 6.45) is 1.81. The Morgan fingerprint density at radius 1 is 1.05 bits per heavy atom. The predicted octanol–water partition coefficient (Wildman–Crippen LogP) is 4.08. The van der Waals surface area contributed by atoms with Gasteiger partial charge in [0.1, 0.15) is 0 Å². The largest absolute Gasteiger partial charge is 0.493 e. The Labute approximate surface area is 125 Å². The van der Waals surface area contributed by atoms with Crippen molar-refractivity contribution in [1.82, 2.24) is 0 Å². The van der Waals surface area contributed by atoms with Crippen molar-refractivity contribution in [3.63, 3.8) is 0 Å². The first-order chi connectivity index (χ1) is 10.2.